The number of nitrogens with one attached hydrogen (secondary N) is 4. The smallest absolute Gasteiger partial charge is 0.272 e. The van der Waals surface area contributed by atoms with Crippen molar-refractivity contribution < 1.29 is 18.8 Å². The molecule has 1 aliphatic rings. The van der Waals surface area contributed by atoms with E-state index in [1.54, 1.807) is 0 Å². The number of imidazole rings is 1. The van der Waals surface area contributed by atoms with E-state index in [2.05, 4.69) is 25.9 Å². The fourth-order valence-electron chi connectivity index (χ4n) is 3.53. The molecule has 162 valence electrons. The Kier molecular flexibility index (Phi) is 6.87. The number of rotatable bonds is 5. The lowest BCUT2D eigenvalue weighted by molar-refractivity contribution is -0.120. The summed E-state index contributed by atoms with van der Waals surface area (Å²) in [6, 6.07) is 3.69. The number of H-pyrrole nitrogens is 1. The molecule has 4 N–H and O–H groups in total. The zero-order chi connectivity index (χ0) is 22.5. The molecule has 9 nitrogen and oxygen atoms in total. The van der Waals surface area contributed by atoms with Gasteiger partial charge in [0, 0.05) is 19.0 Å². The maximum atomic E-state index is 13.4. The Bertz CT molecular complexity index is 1060. The predicted molar refractivity (Wildman–Crippen MR) is 110 cm³/mol. The van der Waals surface area contributed by atoms with Crippen LogP contribution in [0, 0.1) is 23.1 Å². The predicted octanol–water partition coefficient (Wildman–Crippen LogP) is 2.36. The quantitative estimate of drug-likeness (QED) is 0.558. The maximum absolute atomic E-state index is 13.4. The van der Waals surface area contributed by atoms with E-state index in [1.165, 1.54) is 13.4 Å². The van der Waals surface area contributed by atoms with Gasteiger partial charge in [0.2, 0.25) is 5.91 Å². The first kappa shape index (κ1) is 22.2. The summed E-state index contributed by atoms with van der Waals surface area (Å²) in [5, 5.41) is 17.0. The summed E-state index contributed by atoms with van der Waals surface area (Å²) in [5.41, 5.74) is 0.128. The number of halogens is 2. The summed E-state index contributed by atoms with van der Waals surface area (Å²) in [6.45, 7) is 0. The van der Waals surface area contributed by atoms with Crippen molar-refractivity contribution in [3.63, 3.8) is 0 Å². The molecule has 1 aromatic heterocycles. The third-order valence-corrected chi connectivity index (χ3v) is 5.46. The van der Waals surface area contributed by atoms with E-state index in [0.29, 0.717) is 25.7 Å². The van der Waals surface area contributed by atoms with E-state index in [9.17, 15) is 18.8 Å². The molecular weight excluding hydrogens is 427 g/mol. The number of benzene rings is 1. The zero-order valence-electron chi connectivity index (χ0n) is 16.6. The molecule has 1 fully saturated rings. The highest BCUT2D eigenvalue weighted by Crippen LogP contribution is 2.30. The van der Waals surface area contributed by atoms with Crippen molar-refractivity contribution in [3.05, 3.63) is 46.3 Å². The van der Waals surface area contributed by atoms with Crippen LogP contribution in [0.15, 0.2) is 18.5 Å². The van der Waals surface area contributed by atoms with Crippen LogP contribution in [0.5, 0.6) is 0 Å². The van der Waals surface area contributed by atoms with Crippen molar-refractivity contribution in [3.8, 4) is 6.07 Å². The second kappa shape index (κ2) is 9.57. The number of carbonyl (C=O) groups excluding carboxylic acids is 3. The highest BCUT2D eigenvalue weighted by atomic mass is 35.5. The van der Waals surface area contributed by atoms with E-state index in [4.69, 9.17) is 16.9 Å². The normalized spacial score (nSPS) is 18.0. The van der Waals surface area contributed by atoms with Crippen molar-refractivity contribution in [1.82, 2.24) is 20.6 Å². The Morgan fingerprint density at radius 3 is 2.58 bits per heavy atom. The molecule has 1 aromatic carbocycles. The molecule has 0 bridgehead atoms. The average Bonchev–Trinajstić information content (AvgIpc) is 3.25. The third kappa shape index (κ3) is 5.00. The van der Waals surface area contributed by atoms with Gasteiger partial charge in [0.15, 0.2) is 5.69 Å². The largest absolute Gasteiger partial charge is 0.354 e. The number of aromatic nitrogens is 2. The molecule has 1 heterocycles. The van der Waals surface area contributed by atoms with Crippen LogP contribution in [0.2, 0.25) is 5.02 Å². The van der Waals surface area contributed by atoms with E-state index >= 15 is 0 Å². The number of carbonyl (C=O) groups is 3. The summed E-state index contributed by atoms with van der Waals surface area (Å²) < 4.78 is 13.4. The van der Waals surface area contributed by atoms with Crippen LogP contribution in [0.1, 0.15) is 52.2 Å². The lowest BCUT2D eigenvalue weighted by Crippen LogP contribution is -2.40. The summed E-state index contributed by atoms with van der Waals surface area (Å²) in [7, 11) is 1.45. The van der Waals surface area contributed by atoms with Crippen LogP contribution in [0.4, 0.5) is 10.1 Å². The summed E-state index contributed by atoms with van der Waals surface area (Å²) in [5.74, 6) is -2.23. The summed E-state index contributed by atoms with van der Waals surface area (Å²) in [4.78, 5) is 43.4. The Hall–Kier alpha value is -3.45. The summed E-state index contributed by atoms with van der Waals surface area (Å²) in [6.07, 6.45) is 3.37. The first-order chi connectivity index (χ1) is 14.8. The van der Waals surface area contributed by atoms with Crippen LogP contribution in [-0.2, 0) is 4.79 Å². The minimum absolute atomic E-state index is 0.00852. The summed E-state index contributed by atoms with van der Waals surface area (Å²) >= 11 is 5.98. The van der Waals surface area contributed by atoms with Gasteiger partial charge < -0.3 is 20.9 Å². The average molecular weight is 447 g/mol. The van der Waals surface area contributed by atoms with Crippen molar-refractivity contribution >= 4 is 35.0 Å². The molecule has 31 heavy (non-hydrogen) atoms. The first-order valence-corrected chi connectivity index (χ1v) is 9.98. The van der Waals surface area contributed by atoms with E-state index in [0.717, 1.165) is 12.1 Å². The molecule has 0 saturated heterocycles. The number of nitrogens with zero attached hydrogens (tertiary/aromatic N) is 2. The lowest BCUT2D eigenvalue weighted by Gasteiger charge is -2.28. The molecule has 0 unspecified atom stereocenters. The fourth-order valence-corrected chi connectivity index (χ4v) is 3.79. The topological polar surface area (TPSA) is 140 Å². The Morgan fingerprint density at radius 1 is 1.23 bits per heavy atom. The van der Waals surface area contributed by atoms with E-state index in [1.807, 2.05) is 6.07 Å². The molecule has 2 aromatic rings. The highest BCUT2D eigenvalue weighted by Gasteiger charge is 2.29. The van der Waals surface area contributed by atoms with Gasteiger partial charge in [-0.2, -0.15) is 5.26 Å². The third-order valence-electron chi connectivity index (χ3n) is 5.17. The van der Waals surface area contributed by atoms with Gasteiger partial charge in [-0.3, -0.25) is 14.4 Å². The highest BCUT2D eigenvalue weighted by molar-refractivity contribution is 6.34. The van der Waals surface area contributed by atoms with Gasteiger partial charge >= 0.3 is 0 Å². The molecule has 0 atom stereocenters. The minimum Gasteiger partial charge on any atom is -0.354 e. The molecule has 1 saturated carbocycles. The van der Waals surface area contributed by atoms with Gasteiger partial charge in [0.25, 0.3) is 11.8 Å². The number of nitriles is 1. The van der Waals surface area contributed by atoms with E-state index < -0.39 is 17.6 Å². The van der Waals surface area contributed by atoms with Gasteiger partial charge in [-0.1, -0.05) is 11.6 Å². The van der Waals surface area contributed by atoms with Crippen molar-refractivity contribution in [2.24, 2.45) is 5.92 Å². The van der Waals surface area contributed by atoms with Crippen molar-refractivity contribution in [1.29, 1.82) is 5.26 Å². The van der Waals surface area contributed by atoms with Crippen LogP contribution < -0.4 is 16.0 Å². The molecule has 0 radical (unpaired) electrons. The van der Waals surface area contributed by atoms with E-state index in [-0.39, 0.29) is 45.5 Å². The molecule has 11 heteroatoms. The minimum atomic E-state index is -0.660. The van der Waals surface area contributed by atoms with Crippen LogP contribution in [-0.4, -0.2) is 40.8 Å². The molecule has 0 spiro atoms. The van der Waals surface area contributed by atoms with Crippen LogP contribution in [0.25, 0.3) is 0 Å². The monoisotopic (exact) mass is 446 g/mol. The van der Waals surface area contributed by atoms with Crippen LogP contribution >= 0.6 is 11.6 Å². The zero-order valence-corrected chi connectivity index (χ0v) is 17.3. The number of amides is 3. The molecule has 0 aliphatic heterocycles. The van der Waals surface area contributed by atoms with Gasteiger partial charge in [0.1, 0.15) is 17.6 Å². The first-order valence-electron chi connectivity index (χ1n) is 9.60. The molecular formula is C20H20ClFN6O3. The Labute approximate surface area is 182 Å². The second-order valence-corrected chi connectivity index (χ2v) is 7.55. The number of hydrogen-bond donors (Lipinski definition) is 4. The number of hydrogen-bond acceptors (Lipinski definition) is 5. The van der Waals surface area contributed by atoms with Gasteiger partial charge in [-0.05, 0) is 37.8 Å². The maximum Gasteiger partial charge on any atom is 0.272 e. The Morgan fingerprint density at radius 2 is 1.94 bits per heavy atom. The number of aromatic amines is 1. The van der Waals surface area contributed by atoms with Crippen molar-refractivity contribution in [2.75, 3.05) is 12.4 Å². The number of anilines is 1. The lowest BCUT2D eigenvalue weighted by atomic mass is 9.85. The molecule has 3 amide bonds. The van der Waals surface area contributed by atoms with Crippen molar-refractivity contribution in [2.45, 2.75) is 31.7 Å². The molecule has 1 aliphatic carbocycles. The van der Waals surface area contributed by atoms with Gasteiger partial charge in [-0.25, -0.2) is 9.37 Å². The SMILES string of the molecule is CNC(=O)c1[nH]cnc1C(=O)NC1CCC(C(=O)Nc2c(Cl)cc(F)cc2C#N)CC1. The van der Waals surface area contributed by atoms with Crippen LogP contribution in [0.3, 0.4) is 0 Å². The standard InChI is InChI=1S/C20H20ClFN6O3/c1-24-19(30)16-17(26-9-25-16)20(31)27-13-4-2-10(3-5-13)18(29)28-15-11(8-23)6-12(22)7-14(15)21/h6-7,9-10,13H,2-5H2,1H3,(H,24,30)(H,25,26)(H,27,31)(H,28,29). The van der Waals surface area contributed by atoms with Gasteiger partial charge in [0.05, 0.1) is 22.6 Å². The second-order valence-electron chi connectivity index (χ2n) is 7.14. The Balaban J connectivity index is 1.57. The van der Waals surface area contributed by atoms with Gasteiger partial charge in [-0.15, -0.1) is 0 Å². The molecule has 3 rings (SSSR count). The fraction of sp³-hybridized carbons (Fsp3) is 0.350.